The van der Waals surface area contributed by atoms with Gasteiger partial charge in [0.1, 0.15) is 23.7 Å². The Kier molecular flexibility index (Phi) is 8.99. The number of nitrogens with zero attached hydrogens (tertiary/aromatic N) is 3. The van der Waals surface area contributed by atoms with Crippen LogP contribution in [0.4, 0.5) is 9.93 Å². The van der Waals surface area contributed by atoms with Gasteiger partial charge in [-0.2, -0.15) is 0 Å². The Hall–Kier alpha value is -4.24. The number of ether oxygens (including phenoxy) is 1. The van der Waals surface area contributed by atoms with Gasteiger partial charge in [-0.3, -0.25) is 24.0 Å². The molecule has 3 N–H and O–H groups in total. The summed E-state index contributed by atoms with van der Waals surface area (Å²) in [6, 6.07) is 4.26. The minimum absolute atomic E-state index is 0.00207. The van der Waals surface area contributed by atoms with Crippen molar-refractivity contribution in [3.8, 4) is 0 Å². The molecule has 3 fully saturated rings. The van der Waals surface area contributed by atoms with Gasteiger partial charge in [0.05, 0.1) is 17.5 Å². The molecule has 13 nitrogen and oxygen atoms in total. The molecule has 1 aromatic carbocycles. The van der Waals surface area contributed by atoms with Crippen molar-refractivity contribution in [2.75, 3.05) is 11.9 Å². The summed E-state index contributed by atoms with van der Waals surface area (Å²) in [4.78, 5) is 63.1. The lowest BCUT2D eigenvalue weighted by Crippen LogP contribution is -2.58. The van der Waals surface area contributed by atoms with Crippen LogP contribution in [0.3, 0.4) is 0 Å². The van der Waals surface area contributed by atoms with Crippen molar-refractivity contribution in [2.45, 2.75) is 94.4 Å². The monoisotopic (exact) mass is 722 g/mol. The van der Waals surface area contributed by atoms with E-state index in [1.807, 2.05) is 31.4 Å². The number of amides is 4. The van der Waals surface area contributed by atoms with Crippen LogP contribution in [0.2, 0.25) is 0 Å². The zero-order valence-corrected chi connectivity index (χ0v) is 29.7. The fourth-order valence-electron chi connectivity index (χ4n) is 7.02. The lowest BCUT2D eigenvalue weighted by Gasteiger charge is -2.31. The highest BCUT2D eigenvalue weighted by Gasteiger charge is 2.62. The number of fused-ring (bicyclic) bond motifs is 6. The summed E-state index contributed by atoms with van der Waals surface area (Å²) >= 11 is 1.40. The third kappa shape index (κ3) is 6.76. The first-order chi connectivity index (χ1) is 23.9. The number of carbonyl (C=O) groups is 4. The van der Waals surface area contributed by atoms with E-state index >= 15 is 0 Å². The third-order valence-electron chi connectivity index (χ3n) is 10.2. The number of benzene rings is 1. The van der Waals surface area contributed by atoms with Gasteiger partial charge in [-0.15, -0.1) is 17.9 Å². The van der Waals surface area contributed by atoms with Crippen LogP contribution in [-0.4, -0.2) is 82.5 Å². The second kappa shape index (κ2) is 13.1. The average molecular weight is 723 g/mol. The average Bonchev–Trinajstić information content (AvgIpc) is 3.90. The maximum atomic E-state index is 14.4. The van der Waals surface area contributed by atoms with E-state index in [9.17, 15) is 27.6 Å². The van der Waals surface area contributed by atoms with Gasteiger partial charge < -0.3 is 20.3 Å². The van der Waals surface area contributed by atoms with E-state index in [0.717, 1.165) is 35.2 Å². The molecule has 4 amide bonds. The molecule has 7 rings (SSSR count). The number of thiazole rings is 1. The molecule has 5 aliphatic rings. The molecule has 50 heavy (non-hydrogen) atoms. The van der Waals surface area contributed by atoms with E-state index in [0.29, 0.717) is 31.1 Å². The first-order valence-electron chi connectivity index (χ1n) is 17.1. The van der Waals surface area contributed by atoms with Gasteiger partial charge >= 0.3 is 6.09 Å². The Morgan fingerprint density at radius 1 is 1.20 bits per heavy atom. The summed E-state index contributed by atoms with van der Waals surface area (Å²) in [5.41, 5.74) is 2.48. The van der Waals surface area contributed by atoms with Crippen LogP contribution in [0.25, 0.3) is 6.08 Å². The number of rotatable bonds is 7. The van der Waals surface area contributed by atoms with Crippen LogP contribution in [0.15, 0.2) is 42.3 Å². The predicted octanol–water partition coefficient (Wildman–Crippen LogP) is 3.33. The van der Waals surface area contributed by atoms with E-state index in [1.165, 1.54) is 22.3 Å². The summed E-state index contributed by atoms with van der Waals surface area (Å²) in [6.45, 7) is 8.28. The summed E-state index contributed by atoms with van der Waals surface area (Å²) in [7, 11) is -3.87. The molecule has 0 radical (unpaired) electrons. The number of hydrogen-bond donors (Lipinski definition) is 3. The smallest absolute Gasteiger partial charge is 0.410 e. The van der Waals surface area contributed by atoms with Crippen molar-refractivity contribution in [3.05, 3.63) is 64.7 Å². The fourth-order valence-corrected chi connectivity index (χ4v) is 9.17. The third-order valence-corrected chi connectivity index (χ3v) is 12.9. The highest BCUT2D eigenvalue weighted by atomic mass is 32.2. The van der Waals surface area contributed by atoms with Crippen LogP contribution in [-0.2, 0) is 48.7 Å². The summed E-state index contributed by atoms with van der Waals surface area (Å²) in [5.74, 6) is -2.52. The van der Waals surface area contributed by atoms with Gasteiger partial charge in [-0.25, -0.2) is 18.2 Å². The molecular weight excluding hydrogens is 681 g/mol. The second-order valence-electron chi connectivity index (χ2n) is 14.3. The Balaban J connectivity index is 1.16. The van der Waals surface area contributed by atoms with Crippen LogP contribution in [0.5, 0.6) is 0 Å². The summed E-state index contributed by atoms with van der Waals surface area (Å²) in [6.07, 6.45) is 6.94. The van der Waals surface area contributed by atoms with E-state index in [2.05, 4.69) is 40.2 Å². The van der Waals surface area contributed by atoms with E-state index in [-0.39, 0.29) is 31.2 Å². The lowest BCUT2D eigenvalue weighted by atomic mass is 10.0. The topological polar surface area (TPSA) is 167 Å². The van der Waals surface area contributed by atoms with E-state index in [4.69, 9.17) is 9.72 Å². The van der Waals surface area contributed by atoms with Crippen molar-refractivity contribution in [2.24, 2.45) is 11.8 Å². The van der Waals surface area contributed by atoms with Crippen LogP contribution in [0, 0.1) is 11.8 Å². The second-order valence-corrected chi connectivity index (χ2v) is 17.1. The lowest BCUT2D eigenvalue weighted by molar-refractivity contribution is -0.140. The molecule has 2 saturated carbocycles. The van der Waals surface area contributed by atoms with Gasteiger partial charge in [-0.1, -0.05) is 44.2 Å². The molecule has 4 heterocycles. The maximum absolute atomic E-state index is 14.4. The van der Waals surface area contributed by atoms with E-state index < -0.39 is 62.8 Å². The number of carbonyl (C=O) groups excluding carboxylic acids is 4. The summed E-state index contributed by atoms with van der Waals surface area (Å²) < 4.78 is 33.4. The molecule has 1 saturated heterocycles. The SMILES string of the molecule is C=C[C@@H]1C[C@]1(NC(=O)[C@@H]1CC2CN1C(=O)[C@H](C(C)C)Nc1nc(cs1)CC/C=C/c1ccc3c(c1)CN(C3)C(=O)O2)C(=O)NS(=O)(=O)C1CC1. The first-order valence-corrected chi connectivity index (χ1v) is 19.6. The standard InChI is InChI=1S/C35H42N6O7S2/c1-4-24-15-35(24,32(44)39-50(46,47)27-11-12-27)38-30(42)28-14-26-18-41(28)31(43)29(20(2)3)37-33-36-25(19-49-33)8-6-5-7-21-9-10-22-16-40(34(45)48-26)17-23(22)13-21/h4-5,7,9-10,13,19-20,24,26-29H,1,6,8,11-12,14-18H2,2-3H3,(H,36,37)(H,38,42)(H,39,44)/b7-5+/t24-,26?,28+,29+,35-/m1/s1. The minimum Gasteiger partial charge on any atom is -0.444 e. The highest BCUT2D eigenvalue weighted by Crippen LogP contribution is 2.45. The van der Waals surface area contributed by atoms with Crippen LogP contribution < -0.4 is 15.4 Å². The van der Waals surface area contributed by atoms with Gasteiger partial charge in [0.15, 0.2) is 5.13 Å². The maximum Gasteiger partial charge on any atom is 0.410 e. The first kappa shape index (κ1) is 34.2. The quantitative estimate of drug-likeness (QED) is 0.364. The number of nitrogens with one attached hydrogen (secondary N) is 3. The number of hydrogen-bond acceptors (Lipinski definition) is 10. The molecule has 1 aromatic heterocycles. The summed E-state index contributed by atoms with van der Waals surface area (Å²) in [5, 5.41) is 8.00. The number of aromatic nitrogens is 1. The number of anilines is 1. The molecule has 266 valence electrons. The van der Waals surface area contributed by atoms with Crippen molar-refractivity contribution in [3.63, 3.8) is 0 Å². The number of allylic oxidation sites excluding steroid dienone is 1. The highest BCUT2D eigenvalue weighted by molar-refractivity contribution is 7.91. The largest absolute Gasteiger partial charge is 0.444 e. The molecule has 2 aliphatic carbocycles. The zero-order valence-electron chi connectivity index (χ0n) is 28.1. The molecule has 5 atom stereocenters. The van der Waals surface area contributed by atoms with E-state index in [1.54, 1.807) is 4.90 Å². The predicted molar refractivity (Wildman–Crippen MR) is 187 cm³/mol. The molecule has 0 spiro atoms. The molecule has 3 aliphatic heterocycles. The molecule has 15 heteroatoms. The normalized spacial score (nSPS) is 28.5. The number of aryl methyl sites for hydroxylation is 1. The zero-order chi connectivity index (χ0) is 35.4. The molecule has 7 bridgehead atoms. The van der Waals surface area contributed by atoms with Crippen LogP contribution in [0.1, 0.15) is 68.3 Å². The van der Waals surface area contributed by atoms with Gasteiger partial charge in [0.2, 0.25) is 21.8 Å². The molecule has 1 unspecified atom stereocenters. The minimum atomic E-state index is -3.87. The Morgan fingerprint density at radius 2 is 1.98 bits per heavy atom. The van der Waals surface area contributed by atoms with Crippen molar-refractivity contribution >= 4 is 56.4 Å². The molecular formula is C35H42N6O7S2. The number of sulfonamides is 1. The van der Waals surface area contributed by atoms with Crippen molar-refractivity contribution in [1.29, 1.82) is 0 Å². The fraction of sp³-hybridized carbons (Fsp3) is 0.514. The van der Waals surface area contributed by atoms with Gasteiger partial charge in [-0.05, 0) is 60.8 Å². The van der Waals surface area contributed by atoms with Gasteiger partial charge in [0.25, 0.3) is 5.91 Å². The van der Waals surface area contributed by atoms with Crippen molar-refractivity contribution in [1.82, 2.24) is 24.8 Å². The van der Waals surface area contributed by atoms with Crippen LogP contribution >= 0.6 is 11.3 Å². The Morgan fingerprint density at radius 3 is 2.70 bits per heavy atom. The Labute approximate surface area is 295 Å². The van der Waals surface area contributed by atoms with Crippen molar-refractivity contribution < 1.29 is 32.3 Å². The molecule has 2 aromatic rings. The Bertz CT molecular complexity index is 1870. The van der Waals surface area contributed by atoms with Gasteiger partial charge in [0, 0.05) is 30.8 Å².